The van der Waals surface area contributed by atoms with Gasteiger partial charge in [-0.25, -0.2) is 8.78 Å². The van der Waals surface area contributed by atoms with Crippen LogP contribution in [0.4, 0.5) is 8.78 Å². The number of benzene rings is 2. The average molecular weight is 370 g/mol. The quantitative estimate of drug-likeness (QED) is 0.666. The van der Waals surface area contributed by atoms with E-state index in [0.29, 0.717) is 49.0 Å². The molecule has 138 valence electrons. The van der Waals surface area contributed by atoms with E-state index in [1.165, 1.54) is 24.3 Å². The molecule has 0 amide bonds. The maximum atomic E-state index is 13.3. The summed E-state index contributed by atoms with van der Waals surface area (Å²) in [6.07, 6.45) is 1.88. The molecule has 0 N–H and O–H groups in total. The number of halogens is 2. The molecule has 5 rings (SSSR count). The van der Waals surface area contributed by atoms with Gasteiger partial charge in [0.05, 0.1) is 0 Å². The zero-order valence-electron chi connectivity index (χ0n) is 14.3. The lowest BCUT2D eigenvalue weighted by Crippen LogP contribution is -2.16. The predicted molar refractivity (Wildman–Crippen MR) is 90.5 cm³/mol. The second kappa shape index (κ2) is 6.33. The zero-order valence-corrected chi connectivity index (χ0v) is 14.3. The van der Waals surface area contributed by atoms with E-state index in [2.05, 4.69) is 10.2 Å². The van der Waals surface area contributed by atoms with Gasteiger partial charge in [0.15, 0.2) is 12.2 Å². The highest BCUT2D eigenvalue weighted by Gasteiger charge is 2.30. The van der Waals surface area contributed by atoms with Gasteiger partial charge in [-0.1, -0.05) is 0 Å². The van der Waals surface area contributed by atoms with Crippen molar-refractivity contribution < 1.29 is 22.7 Å². The van der Waals surface area contributed by atoms with Crippen LogP contribution in [0, 0.1) is 11.6 Å². The van der Waals surface area contributed by atoms with E-state index in [9.17, 15) is 8.78 Å². The van der Waals surface area contributed by atoms with Crippen LogP contribution in [0.15, 0.2) is 40.8 Å². The van der Waals surface area contributed by atoms with Crippen LogP contribution in [0.2, 0.25) is 0 Å². The Morgan fingerprint density at radius 2 is 1.22 bits per heavy atom. The maximum Gasteiger partial charge on any atom is 0.257 e. The van der Waals surface area contributed by atoms with Gasteiger partial charge in [0.1, 0.15) is 23.1 Å². The van der Waals surface area contributed by atoms with Crippen LogP contribution in [-0.2, 0) is 12.8 Å². The molecule has 2 atom stereocenters. The largest absolute Gasteiger partial charge is 0.480 e. The van der Waals surface area contributed by atoms with Crippen LogP contribution in [0.3, 0.4) is 0 Å². The normalized spacial score (nSPS) is 21.0. The molecule has 0 bridgehead atoms. The first-order valence-electron chi connectivity index (χ1n) is 8.89. The van der Waals surface area contributed by atoms with Gasteiger partial charge >= 0.3 is 0 Å². The van der Waals surface area contributed by atoms with E-state index in [1.54, 1.807) is 12.1 Å². The summed E-state index contributed by atoms with van der Waals surface area (Å²) in [4.78, 5) is 0. The second-order valence-corrected chi connectivity index (χ2v) is 6.77. The van der Waals surface area contributed by atoms with Gasteiger partial charge in [-0.15, -0.1) is 10.2 Å². The third-order valence-corrected chi connectivity index (χ3v) is 4.94. The molecule has 2 unspecified atom stereocenters. The van der Waals surface area contributed by atoms with E-state index < -0.39 is 0 Å². The maximum absolute atomic E-state index is 13.3. The summed E-state index contributed by atoms with van der Waals surface area (Å²) in [5.74, 6) is 1.49. The van der Waals surface area contributed by atoms with Gasteiger partial charge in [-0.3, -0.25) is 0 Å². The summed E-state index contributed by atoms with van der Waals surface area (Å²) >= 11 is 0. The minimum Gasteiger partial charge on any atom is -0.480 e. The van der Waals surface area contributed by atoms with E-state index >= 15 is 0 Å². The van der Waals surface area contributed by atoms with Crippen molar-refractivity contribution in [2.24, 2.45) is 0 Å². The van der Waals surface area contributed by atoms with Gasteiger partial charge in [0.25, 0.3) is 11.8 Å². The van der Waals surface area contributed by atoms with Crippen LogP contribution in [0.25, 0.3) is 0 Å². The van der Waals surface area contributed by atoms with Crippen molar-refractivity contribution in [3.63, 3.8) is 0 Å². The lowest BCUT2D eigenvalue weighted by atomic mass is 10.0. The fraction of sp³-hybridized carbons (Fsp3) is 0.300. The summed E-state index contributed by atoms with van der Waals surface area (Å²) in [7, 11) is 0. The summed E-state index contributed by atoms with van der Waals surface area (Å²) in [6, 6.07) is 8.96. The number of rotatable bonds is 2. The van der Waals surface area contributed by atoms with Crippen LogP contribution in [0.5, 0.6) is 11.5 Å². The molecule has 2 aliphatic heterocycles. The van der Waals surface area contributed by atoms with Crippen molar-refractivity contribution in [2.45, 2.75) is 37.9 Å². The summed E-state index contributed by atoms with van der Waals surface area (Å²) < 4.78 is 44.3. The summed E-state index contributed by atoms with van der Waals surface area (Å²) in [5.41, 5.74) is 1.68. The number of ether oxygens (including phenoxy) is 2. The number of aryl methyl sites for hydroxylation is 2. The number of hydrogen-bond donors (Lipinski definition) is 0. The monoisotopic (exact) mass is 370 g/mol. The highest BCUT2D eigenvalue weighted by Crippen LogP contribution is 2.37. The first-order valence-corrected chi connectivity index (χ1v) is 8.89. The van der Waals surface area contributed by atoms with Crippen molar-refractivity contribution in [1.29, 1.82) is 0 Å². The van der Waals surface area contributed by atoms with Gasteiger partial charge in [-0.05, 0) is 73.2 Å². The van der Waals surface area contributed by atoms with Crippen LogP contribution in [-0.4, -0.2) is 10.2 Å². The number of nitrogens with zero attached hydrogens (tertiary/aromatic N) is 2. The van der Waals surface area contributed by atoms with Crippen LogP contribution in [0.1, 0.15) is 48.0 Å². The van der Waals surface area contributed by atoms with Gasteiger partial charge in [0, 0.05) is 0 Å². The van der Waals surface area contributed by atoms with Crippen LogP contribution < -0.4 is 9.47 Å². The minimum absolute atomic E-state index is 0.273. The Hall–Kier alpha value is -2.96. The van der Waals surface area contributed by atoms with Gasteiger partial charge in [-0.2, -0.15) is 0 Å². The fourth-order valence-corrected chi connectivity index (χ4v) is 3.57. The van der Waals surface area contributed by atoms with Gasteiger partial charge in [0.2, 0.25) is 0 Å². The highest BCUT2D eigenvalue weighted by molar-refractivity contribution is 5.37. The predicted octanol–water partition coefficient (Wildman–Crippen LogP) is 4.48. The summed E-state index contributed by atoms with van der Waals surface area (Å²) in [6.45, 7) is 0. The Labute approximate surface area is 153 Å². The van der Waals surface area contributed by atoms with E-state index in [-0.39, 0.29) is 23.8 Å². The Balaban J connectivity index is 1.33. The molecule has 0 aliphatic carbocycles. The van der Waals surface area contributed by atoms with Crippen molar-refractivity contribution in [1.82, 2.24) is 10.2 Å². The minimum atomic E-state index is -0.366. The number of hydrogen-bond acceptors (Lipinski definition) is 5. The molecule has 0 fully saturated rings. The Morgan fingerprint density at radius 3 is 1.70 bits per heavy atom. The number of aromatic nitrogens is 2. The summed E-state index contributed by atoms with van der Waals surface area (Å²) in [5, 5.41) is 8.24. The third kappa shape index (κ3) is 3.03. The van der Waals surface area contributed by atoms with E-state index in [0.717, 1.165) is 11.1 Å². The van der Waals surface area contributed by atoms with Crippen molar-refractivity contribution in [2.75, 3.05) is 0 Å². The molecule has 0 saturated heterocycles. The van der Waals surface area contributed by atoms with Crippen molar-refractivity contribution in [3.8, 4) is 11.5 Å². The molecule has 2 aromatic carbocycles. The zero-order chi connectivity index (χ0) is 18.4. The SMILES string of the molecule is Fc1ccc2c(c1)CCC(c1nnc(C3CCc4cc(F)ccc4O3)o1)O2. The van der Waals surface area contributed by atoms with Gasteiger partial charge < -0.3 is 13.9 Å². The second-order valence-electron chi connectivity index (χ2n) is 6.77. The molecule has 7 heteroatoms. The van der Waals surface area contributed by atoms with Crippen LogP contribution >= 0.6 is 0 Å². The molecule has 0 saturated carbocycles. The molecular weight excluding hydrogens is 354 g/mol. The van der Waals surface area contributed by atoms with E-state index in [1.807, 2.05) is 0 Å². The fourth-order valence-electron chi connectivity index (χ4n) is 3.57. The molecule has 1 aromatic heterocycles. The first kappa shape index (κ1) is 16.2. The molecule has 3 heterocycles. The molecule has 0 radical (unpaired) electrons. The topological polar surface area (TPSA) is 57.4 Å². The molecule has 5 nitrogen and oxygen atoms in total. The Morgan fingerprint density at radius 1 is 0.741 bits per heavy atom. The lowest BCUT2D eigenvalue weighted by molar-refractivity contribution is 0.118. The van der Waals surface area contributed by atoms with E-state index in [4.69, 9.17) is 13.9 Å². The third-order valence-electron chi connectivity index (χ3n) is 4.94. The molecule has 2 aliphatic rings. The highest BCUT2D eigenvalue weighted by atomic mass is 19.1. The number of fused-ring (bicyclic) bond motifs is 2. The van der Waals surface area contributed by atoms with Crippen molar-refractivity contribution >= 4 is 0 Å². The molecule has 3 aromatic rings. The van der Waals surface area contributed by atoms with Crippen molar-refractivity contribution in [3.05, 3.63) is 70.9 Å². The molecule has 0 spiro atoms. The molecular formula is C20H16F2N2O3. The molecule has 27 heavy (non-hydrogen) atoms. The Kier molecular flexibility index (Phi) is 3.81. The lowest BCUT2D eigenvalue weighted by Gasteiger charge is -2.24. The smallest absolute Gasteiger partial charge is 0.257 e. The first-order chi connectivity index (χ1) is 13.2. The average Bonchev–Trinajstić information content (AvgIpc) is 3.17. The Bertz CT molecular complexity index is 927. The standard InChI is InChI=1S/C20H16F2N2O3/c21-13-3-7-15-11(9-13)1-5-17(25-15)19-23-24-20(27-19)18-6-2-12-10-14(22)4-8-16(12)26-18/h3-4,7-10,17-18H,1-2,5-6H2.